The molecule has 0 heterocycles. The normalized spacial score (nSPS) is 13.0. The highest BCUT2D eigenvalue weighted by molar-refractivity contribution is 5.97. The number of aliphatic imine (C=N–C) groups is 1. The van der Waals surface area contributed by atoms with E-state index in [0.717, 1.165) is 0 Å². The van der Waals surface area contributed by atoms with Gasteiger partial charge in [-0.15, -0.1) is 0 Å². The van der Waals surface area contributed by atoms with Crippen molar-refractivity contribution in [3.8, 4) is 0 Å². The molecule has 0 aromatic heterocycles. The van der Waals surface area contributed by atoms with E-state index in [2.05, 4.69) is 15.6 Å². The Balaban J connectivity index is 0.00000246. The van der Waals surface area contributed by atoms with Gasteiger partial charge in [0.25, 0.3) is 5.91 Å². The number of hydrogen-bond donors (Lipinski definition) is 9. The number of nitrogens with one attached hydrogen (secondary N) is 3. The smallest absolute Gasteiger partial charge is 0.481 e. The maximum absolute atomic E-state index is 14.3. The fraction of sp³-hybridized carbons (Fsp3) is 0.400. The predicted octanol–water partition coefficient (Wildman–Crippen LogP) is -1.26. The van der Waals surface area contributed by atoms with Crippen LogP contribution in [0.2, 0.25) is 0 Å². The van der Waals surface area contributed by atoms with Crippen LogP contribution in [0, 0.1) is 0 Å². The summed E-state index contributed by atoms with van der Waals surface area (Å²) in [5, 5.41) is 32.0. The molecule has 45 heavy (non-hydrogen) atoms. The van der Waals surface area contributed by atoms with Crippen molar-refractivity contribution in [1.82, 2.24) is 16.0 Å². The van der Waals surface area contributed by atoms with Crippen LogP contribution in [0.1, 0.15) is 24.8 Å². The number of alkyl halides is 3. The van der Waals surface area contributed by atoms with Gasteiger partial charge in [-0.25, -0.2) is 14.0 Å². The minimum atomic E-state index is -5.08. The Hall–Kier alpha value is -5.27. The minimum Gasteiger partial charge on any atom is -0.481 e. The number of carbonyl (C=O) groups is 6. The molecule has 0 aliphatic heterocycles. The van der Waals surface area contributed by atoms with Gasteiger partial charge in [-0.3, -0.25) is 24.2 Å². The molecule has 1 rings (SSSR count). The van der Waals surface area contributed by atoms with E-state index < -0.39 is 78.7 Å². The molecule has 1 aromatic rings. The highest BCUT2D eigenvalue weighted by atomic mass is 19.4. The zero-order valence-corrected chi connectivity index (χ0v) is 23.4. The second-order valence-electron chi connectivity index (χ2n) is 8.87. The first-order chi connectivity index (χ1) is 20.8. The quantitative estimate of drug-likeness (QED) is 0.0333. The van der Waals surface area contributed by atoms with E-state index in [0.29, 0.717) is 18.1 Å². The number of nitrogens with zero attached hydrogens (tertiary/aromatic N) is 1. The highest BCUT2D eigenvalue weighted by Gasteiger charge is 2.38. The summed E-state index contributed by atoms with van der Waals surface area (Å²) in [6.07, 6.45) is -4.78. The molecule has 0 radical (unpaired) electrons. The number of hydrogen-bond acceptors (Lipinski definition) is 8. The standard InChI is InChI=1S/C23H32FN7O7.C2HF3O2/c24-14(8-10-28-20(35)15(25)7-4-9-29-23(26)27)19(34)30-16(12-18(32)33)21(36)31-17(22(37)38)11-13-5-2-1-3-6-13;3-2(4,5)1(6)7/h1-3,5-6,8,15-17H,4,7,9-12,25H2,(H,28,35)(H,30,34)(H,31,36)(H,32,33)(H,37,38)(H4,26,27,29);(H,6,7)/b14-8-;/t15-,16-,17-;/m0./s1. The SMILES string of the molecule is NC(N)=NCCC[C@H](N)C(=O)NC/C=C(\F)C(=O)N[C@@H](CC(=O)O)C(=O)N[C@@H](Cc1ccccc1)C(=O)O.O=C(O)C(F)(F)F. The Kier molecular flexibility index (Phi) is 17.5. The average molecular weight is 652 g/mol. The van der Waals surface area contributed by atoms with Crippen LogP contribution in [-0.4, -0.2) is 94.3 Å². The molecule has 0 aliphatic carbocycles. The first kappa shape index (κ1) is 39.7. The van der Waals surface area contributed by atoms with Crippen LogP contribution in [-0.2, 0) is 35.2 Å². The summed E-state index contributed by atoms with van der Waals surface area (Å²) in [5.41, 5.74) is 16.7. The van der Waals surface area contributed by atoms with E-state index >= 15 is 0 Å². The van der Waals surface area contributed by atoms with Crippen LogP contribution in [0.5, 0.6) is 0 Å². The van der Waals surface area contributed by atoms with Crippen molar-refractivity contribution >= 4 is 41.6 Å². The molecule has 0 aliphatic rings. The summed E-state index contributed by atoms with van der Waals surface area (Å²) in [4.78, 5) is 72.1. The zero-order valence-electron chi connectivity index (χ0n) is 23.4. The number of guanidine groups is 1. The maximum atomic E-state index is 14.3. The van der Waals surface area contributed by atoms with Crippen LogP contribution in [0.25, 0.3) is 0 Å². The second-order valence-corrected chi connectivity index (χ2v) is 8.87. The first-order valence-corrected chi connectivity index (χ1v) is 12.7. The number of nitrogens with two attached hydrogens (primary N) is 3. The van der Waals surface area contributed by atoms with E-state index in [1.165, 1.54) is 0 Å². The van der Waals surface area contributed by atoms with Gasteiger partial charge in [0.15, 0.2) is 11.8 Å². The molecule has 12 N–H and O–H groups in total. The van der Waals surface area contributed by atoms with Crippen LogP contribution in [0.3, 0.4) is 0 Å². The molecule has 0 unspecified atom stereocenters. The van der Waals surface area contributed by atoms with Crippen LogP contribution in [0.15, 0.2) is 47.2 Å². The Bertz CT molecular complexity index is 1240. The summed E-state index contributed by atoms with van der Waals surface area (Å²) >= 11 is 0. The summed E-state index contributed by atoms with van der Waals surface area (Å²) < 4.78 is 46.0. The summed E-state index contributed by atoms with van der Waals surface area (Å²) in [6, 6.07) is 4.19. The fourth-order valence-electron chi connectivity index (χ4n) is 3.05. The van der Waals surface area contributed by atoms with Gasteiger partial charge in [-0.1, -0.05) is 30.3 Å². The maximum Gasteiger partial charge on any atom is 0.490 e. The van der Waals surface area contributed by atoms with Crippen molar-refractivity contribution in [2.75, 3.05) is 13.1 Å². The minimum absolute atomic E-state index is 0.0983. The third-order valence-electron chi connectivity index (χ3n) is 5.22. The molecule has 1 aromatic carbocycles. The number of aliphatic carboxylic acids is 3. The van der Waals surface area contributed by atoms with E-state index in [4.69, 9.17) is 32.2 Å². The lowest BCUT2D eigenvalue weighted by Crippen LogP contribution is -2.53. The molecular formula is C25H33F4N7O9. The van der Waals surface area contributed by atoms with E-state index in [9.17, 15) is 46.6 Å². The van der Waals surface area contributed by atoms with Crippen molar-refractivity contribution in [3.63, 3.8) is 0 Å². The number of amides is 3. The van der Waals surface area contributed by atoms with Crippen LogP contribution >= 0.6 is 0 Å². The zero-order chi connectivity index (χ0) is 34.7. The van der Waals surface area contributed by atoms with Gasteiger partial charge in [0, 0.05) is 19.5 Å². The molecule has 250 valence electrons. The molecule has 16 nitrogen and oxygen atoms in total. The average Bonchev–Trinajstić information content (AvgIpc) is 2.94. The second kappa shape index (κ2) is 19.8. The van der Waals surface area contributed by atoms with E-state index in [1.54, 1.807) is 30.3 Å². The molecular weight excluding hydrogens is 618 g/mol. The predicted molar refractivity (Wildman–Crippen MR) is 148 cm³/mol. The van der Waals surface area contributed by atoms with Crippen molar-refractivity contribution in [3.05, 3.63) is 47.8 Å². The molecule has 3 atom stereocenters. The largest absolute Gasteiger partial charge is 0.490 e. The van der Waals surface area contributed by atoms with Crippen LogP contribution < -0.4 is 33.2 Å². The summed E-state index contributed by atoms with van der Waals surface area (Å²) in [5.74, 6) is -10.3. The molecule has 20 heteroatoms. The van der Waals surface area contributed by atoms with Gasteiger partial charge in [0.1, 0.15) is 12.1 Å². The number of carboxylic acids is 3. The third kappa shape index (κ3) is 18.1. The highest BCUT2D eigenvalue weighted by Crippen LogP contribution is 2.13. The molecule has 0 fully saturated rings. The van der Waals surface area contributed by atoms with Gasteiger partial charge >= 0.3 is 24.1 Å². The lowest BCUT2D eigenvalue weighted by molar-refractivity contribution is -0.192. The monoisotopic (exact) mass is 651 g/mol. The van der Waals surface area contributed by atoms with Gasteiger partial charge in [-0.2, -0.15) is 13.2 Å². The number of benzene rings is 1. The van der Waals surface area contributed by atoms with E-state index in [-0.39, 0.29) is 25.3 Å². The van der Waals surface area contributed by atoms with Crippen LogP contribution in [0.4, 0.5) is 17.6 Å². The summed E-state index contributed by atoms with van der Waals surface area (Å²) in [7, 11) is 0. The molecule has 0 saturated heterocycles. The van der Waals surface area contributed by atoms with Gasteiger partial charge in [0.2, 0.25) is 11.8 Å². The lowest BCUT2D eigenvalue weighted by atomic mass is 10.1. The number of carbonyl (C=O) groups excluding carboxylic acids is 3. The van der Waals surface area contributed by atoms with Gasteiger partial charge in [0.05, 0.1) is 12.5 Å². The molecule has 0 saturated carbocycles. The van der Waals surface area contributed by atoms with Gasteiger partial charge in [-0.05, 0) is 24.5 Å². The van der Waals surface area contributed by atoms with Crippen molar-refractivity contribution in [2.45, 2.75) is 50.0 Å². The summed E-state index contributed by atoms with van der Waals surface area (Å²) in [6.45, 7) is -0.157. The Morgan fingerprint density at radius 1 is 0.933 bits per heavy atom. The fourth-order valence-corrected chi connectivity index (χ4v) is 3.05. The van der Waals surface area contributed by atoms with Crippen molar-refractivity contribution < 1.29 is 61.6 Å². The van der Waals surface area contributed by atoms with Crippen molar-refractivity contribution in [2.24, 2.45) is 22.2 Å². The Morgan fingerprint density at radius 2 is 1.51 bits per heavy atom. The number of rotatable bonds is 16. The molecule has 0 bridgehead atoms. The van der Waals surface area contributed by atoms with Gasteiger partial charge < -0.3 is 48.5 Å². The number of carboxylic acid groups (broad SMARTS) is 3. The van der Waals surface area contributed by atoms with Crippen molar-refractivity contribution in [1.29, 1.82) is 0 Å². The lowest BCUT2D eigenvalue weighted by Gasteiger charge is -2.20. The Morgan fingerprint density at radius 3 is 2.00 bits per heavy atom. The third-order valence-corrected chi connectivity index (χ3v) is 5.22. The first-order valence-electron chi connectivity index (χ1n) is 12.7. The number of halogens is 4. The topological polar surface area (TPSA) is 290 Å². The molecule has 0 spiro atoms. The Labute approximate surface area is 252 Å². The molecule has 3 amide bonds. The van der Waals surface area contributed by atoms with E-state index in [1.807, 2.05) is 5.32 Å².